The van der Waals surface area contributed by atoms with Gasteiger partial charge in [-0.3, -0.25) is 0 Å². The van der Waals surface area contributed by atoms with E-state index in [1.165, 1.54) is 17.8 Å². The van der Waals surface area contributed by atoms with E-state index in [1.54, 1.807) is 90.4 Å². The van der Waals surface area contributed by atoms with E-state index in [4.69, 9.17) is 0 Å². The zero-order valence-electron chi connectivity index (χ0n) is 13.8. The molecule has 0 saturated heterocycles. The zero-order valence-corrected chi connectivity index (χ0v) is 16.7. The van der Waals surface area contributed by atoms with Gasteiger partial charge in [0.1, 0.15) is 0 Å². The first-order valence-electron chi connectivity index (χ1n) is 9.73. The van der Waals surface area contributed by atoms with E-state index in [9.17, 15) is 0 Å². The van der Waals surface area contributed by atoms with Crippen LogP contribution in [0.4, 0.5) is 0 Å². The summed E-state index contributed by atoms with van der Waals surface area (Å²) in [7, 11) is 0. The van der Waals surface area contributed by atoms with Crippen molar-refractivity contribution in [2.24, 2.45) is 17.8 Å². The van der Waals surface area contributed by atoms with Crippen LogP contribution < -0.4 is 0 Å². The molecule has 1 heteroatoms. The number of rotatable bonds is 6. The summed E-state index contributed by atoms with van der Waals surface area (Å²) in [4.78, 5) is 2.89. The second kappa shape index (κ2) is 7.38. The molecule has 0 radical (unpaired) electrons. The monoisotopic (exact) mass is 384 g/mol. The van der Waals surface area contributed by atoms with Gasteiger partial charge in [-0.05, 0) is 0 Å². The van der Waals surface area contributed by atoms with Gasteiger partial charge in [-0.25, -0.2) is 0 Å². The van der Waals surface area contributed by atoms with Gasteiger partial charge in [-0.2, -0.15) is 0 Å². The average molecular weight is 383 g/mol. The molecule has 0 aliphatic heterocycles. The van der Waals surface area contributed by atoms with E-state index in [0.29, 0.717) is 0 Å². The van der Waals surface area contributed by atoms with E-state index in [1.807, 2.05) is 0 Å². The maximum atomic E-state index is 2.89. The first kappa shape index (κ1) is 15.7. The van der Waals surface area contributed by atoms with Crippen LogP contribution in [-0.2, 0) is 0 Å². The molecule has 0 amide bonds. The van der Waals surface area contributed by atoms with Gasteiger partial charge in [0.05, 0.1) is 0 Å². The Hall–Kier alpha value is 0.799. The predicted molar refractivity (Wildman–Crippen MR) is 91.9 cm³/mol. The van der Waals surface area contributed by atoms with Crippen LogP contribution in [0.5, 0.6) is 0 Å². The minimum atomic E-state index is -1.78. The van der Waals surface area contributed by atoms with Crippen molar-refractivity contribution in [1.82, 2.24) is 0 Å². The molecule has 0 aromatic rings. The molecule has 3 rings (SSSR count). The fraction of sp³-hybridized carbons (Fsp3) is 1.00. The summed E-state index contributed by atoms with van der Waals surface area (Å²) >= 11 is -1.78. The van der Waals surface area contributed by atoms with Gasteiger partial charge in [-0.15, -0.1) is 0 Å². The molecule has 0 heterocycles. The van der Waals surface area contributed by atoms with Gasteiger partial charge in [0.15, 0.2) is 0 Å². The van der Waals surface area contributed by atoms with Crippen molar-refractivity contribution in [3.05, 3.63) is 0 Å². The standard InChI is InChI=1S/3C6H11.CH3.Sn/c3*1-6-4-2-3-5-6;;/h3*6H,1-5H2;1H3;. The molecule has 3 aliphatic carbocycles. The normalized spacial score (nSPS) is 26.9. The molecular formula is C19H36Sn. The second-order valence-corrected chi connectivity index (χ2v) is 22.7. The van der Waals surface area contributed by atoms with Crippen molar-refractivity contribution < 1.29 is 0 Å². The van der Waals surface area contributed by atoms with Crippen molar-refractivity contribution in [3.63, 3.8) is 0 Å². The summed E-state index contributed by atoms with van der Waals surface area (Å²) in [6, 6.07) is 0. The van der Waals surface area contributed by atoms with E-state index in [0.717, 1.165) is 0 Å². The predicted octanol–water partition coefficient (Wildman–Crippen LogP) is 6.64. The van der Waals surface area contributed by atoms with Crippen LogP contribution in [0.15, 0.2) is 0 Å². The van der Waals surface area contributed by atoms with Crippen LogP contribution in [0.1, 0.15) is 77.0 Å². The molecule has 3 aliphatic rings. The van der Waals surface area contributed by atoms with E-state index in [2.05, 4.69) is 4.94 Å². The quantitative estimate of drug-likeness (QED) is 0.452. The summed E-state index contributed by atoms with van der Waals surface area (Å²) < 4.78 is 5.34. The molecule has 3 fully saturated rings. The van der Waals surface area contributed by atoms with E-state index >= 15 is 0 Å². The van der Waals surface area contributed by atoms with Crippen molar-refractivity contribution in [1.29, 1.82) is 0 Å². The zero-order chi connectivity index (χ0) is 13.8. The Morgan fingerprint density at radius 1 is 0.550 bits per heavy atom. The van der Waals surface area contributed by atoms with Gasteiger partial charge in [0.2, 0.25) is 0 Å². The summed E-state index contributed by atoms with van der Waals surface area (Å²) in [5.74, 6) is 3.54. The molecule has 3 saturated carbocycles. The van der Waals surface area contributed by atoms with Crippen molar-refractivity contribution >= 4 is 18.4 Å². The Morgan fingerprint density at radius 2 is 0.800 bits per heavy atom. The third-order valence-corrected chi connectivity index (χ3v) is 20.2. The van der Waals surface area contributed by atoms with Crippen LogP contribution in [0.25, 0.3) is 0 Å². The minimum absolute atomic E-state index is 1.18. The van der Waals surface area contributed by atoms with Gasteiger partial charge >= 0.3 is 131 Å². The van der Waals surface area contributed by atoms with E-state index in [-0.39, 0.29) is 0 Å². The molecular weight excluding hydrogens is 347 g/mol. The van der Waals surface area contributed by atoms with Crippen molar-refractivity contribution in [2.45, 2.75) is 95.3 Å². The Labute approximate surface area is 131 Å². The van der Waals surface area contributed by atoms with Crippen LogP contribution in [-0.4, -0.2) is 18.4 Å². The topological polar surface area (TPSA) is 0 Å². The third-order valence-electron chi connectivity index (χ3n) is 6.77. The maximum absolute atomic E-state index is 2.89. The molecule has 0 bridgehead atoms. The Bertz CT molecular complexity index is 235. The van der Waals surface area contributed by atoms with Crippen LogP contribution >= 0.6 is 0 Å². The van der Waals surface area contributed by atoms with Crippen LogP contribution in [0, 0.1) is 17.8 Å². The summed E-state index contributed by atoms with van der Waals surface area (Å²) in [5.41, 5.74) is 0. The molecule has 0 spiro atoms. The summed E-state index contributed by atoms with van der Waals surface area (Å²) in [6.45, 7) is 0. The van der Waals surface area contributed by atoms with Gasteiger partial charge in [-0.1, -0.05) is 0 Å². The molecule has 0 unspecified atom stereocenters. The molecule has 0 aromatic heterocycles. The first-order valence-corrected chi connectivity index (χ1v) is 18.6. The third kappa shape index (κ3) is 4.40. The average Bonchev–Trinajstić information content (AvgIpc) is 3.11. The number of hydrogen-bond acceptors (Lipinski definition) is 0. The SMILES string of the molecule is [CH3][Sn]([CH2]C1CCCC1)([CH2]C1CCCC1)[CH2]C1CCCC1. The molecule has 0 nitrogen and oxygen atoms in total. The molecule has 0 atom stereocenters. The Kier molecular flexibility index (Phi) is 5.78. The molecule has 0 N–H and O–H groups in total. The Morgan fingerprint density at radius 3 is 1.05 bits per heavy atom. The summed E-state index contributed by atoms with van der Waals surface area (Å²) in [6.07, 6.45) is 18.9. The van der Waals surface area contributed by atoms with Crippen LogP contribution in [0.2, 0.25) is 18.2 Å². The van der Waals surface area contributed by atoms with Crippen molar-refractivity contribution in [3.8, 4) is 0 Å². The fourth-order valence-corrected chi connectivity index (χ4v) is 22.8. The van der Waals surface area contributed by atoms with Crippen LogP contribution in [0.3, 0.4) is 0 Å². The molecule has 0 aromatic carbocycles. The molecule has 116 valence electrons. The first-order chi connectivity index (χ1) is 9.73. The number of hydrogen-bond donors (Lipinski definition) is 0. The van der Waals surface area contributed by atoms with Gasteiger partial charge < -0.3 is 0 Å². The van der Waals surface area contributed by atoms with Gasteiger partial charge in [0, 0.05) is 0 Å². The fourth-order valence-electron chi connectivity index (χ4n) is 5.98. The van der Waals surface area contributed by atoms with Gasteiger partial charge in [0.25, 0.3) is 0 Å². The molecule has 20 heavy (non-hydrogen) atoms. The second-order valence-electron chi connectivity index (χ2n) is 8.87. The summed E-state index contributed by atoms with van der Waals surface area (Å²) in [5, 5.41) is 0. The van der Waals surface area contributed by atoms with E-state index < -0.39 is 18.4 Å². The Balaban J connectivity index is 1.59. The van der Waals surface area contributed by atoms with Crippen molar-refractivity contribution in [2.75, 3.05) is 0 Å².